The lowest BCUT2D eigenvalue weighted by Gasteiger charge is -2.16. The Morgan fingerprint density at radius 2 is 1.77 bits per heavy atom. The maximum atomic E-state index is 12.9. The van der Waals surface area contributed by atoms with E-state index in [-0.39, 0.29) is 11.4 Å². The second-order valence-electron chi connectivity index (χ2n) is 5.97. The molecule has 1 amide bonds. The van der Waals surface area contributed by atoms with Crippen molar-refractivity contribution in [2.75, 3.05) is 18.4 Å². The zero-order valence-corrected chi connectivity index (χ0v) is 14.7. The van der Waals surface area contributed by atoms with Gasteiger partial charge in [-0.3, -0.25) is 9.59 Å². The van der Waals surface area contributed by atoms with Gasteiger partial charge in [0.05, 0.1) is 0 Å². The van der Waals surface area contributed by atoms with Crippen LogP contribution in [0.5, 0.6) is 0 Å². The monoisotopic (exact) mass is 379 g/mol. The predicted molar refractivity (Wildman–Crippen MR) is 93.7 cm³/mol. The second-order valence-corrected chi connectivity index (χ2v) is 7.88. The van der Waals surface area contributed by atoms with E-state index in [1.807, 2.05) is 0 Å². The number of hydrogen-bond donors (Lipinski definition) is 1. The third-order valence-corrected chi connectivity index (χ3v) is 6.02. The standard InChI is InChI=1S/C17H18FN3O4S/c18-13-5-7-14(8-6-13)19-16(22)12-20-9-3-4-15(17(20)23)26(24,25)21-10-1-2-11-21/h3-9H,1-2,10-12H2,(H,19,22). The summed E-state index contributed by atoms with van der Waals surface area (Å²) < 4.78 is 40.4. The fourth-order valence-corrected chi connectivity index (χ4v) is 4.40. The Labute approximate surface area is 150 Å². The third kappa shape index (κ3) is 3.83. The van der Waals surface area contributed by atoms with Gasteiger partial charge in [0.1, 0.15) is 17.3 Å². The van der Waals surface area contributed by atoms with Crippen molar-refractivity contribution in [2.45, 2.75) is 24.3 Å². The molecular weight excluding hydrogens is 361 g/mol. The highest BCUT2D eigenvalue weighted by Crippen LogP contribution is 2.18. The number of halogens is 1. The number of pyridine rings is 1. The average molecular weight is 379 g/mol. The Balaban J connectivity index is 1.80. The first kappa shape index (κ1) is 18.3. The van der Waals surface area contributed by atoms with Crippen LogP contribution in [-0.2, 0) is 21.4 Å². The molecule has 1 aromatic heterocycles. The van der Waals surface area contributed by atoms with Crippen LogP contribution in [-0.4, -0.2) is 36.3 Å². The van der Waals surface area contributed by atoms with Crippen molar-refractivity contribution >= 4 is 21.6 Å². The van der Waals surface area contributed by atoms with Gasteiger partial charge in [-0.2, -0.15) is 4.31 Å². The summed E-state index contributed by atoms with van der Waals surface area (Å²) in [6.07, 6.45) is 2.89. The Morgan fingerprint density at radius 1 is 1.12 bits per heavy atom. The van der Waals surface area contributed by atoms with Gasteiger partial charge >= 0.3 is 0 Å². The summed E-state index contributed by atoms with van der Waals surface area (Å²) in [6, 6.07) is 7.87. The topological polar surface area (TPSA) is 88.5 Å². The molecule has 3 rings (SSSR count). The van der Waals surface area contributed by atoms with Crippen LogP contribution in [0.1, 0.15) is 12.8 Å². The van der Waals surface area contributed by atoms with Crippen molar-refractivity contribution in [3.8, 4) is 0 Å². The van der Waals surface area contributed by atoms with Gasteiger partial charge in [0.15, 0.2) is 0 Å². The van der Waals surface area contributed by atoms with Crippen molar-refractivity contribution in [2.24, 2.45) is 0 Å². The summed E-state index contributed by atoms with van der Waals surface area (Å²) in [4.78, 5) is 24.3. The van der Waals surface area contributed by atoms with Crippen LogP contribution < -0.4 is 10.9 Å². The molecule has 7 nitrogen and oxygen atoms in total. The van der Waals surface area contributed by atoms with Crippen LogP contribution in [0.15, 0.2) is 52.3 Å². The van der Waals surface area contributed by atoms with Crippen molar-refractivity contribution in [3.05, 3.63) is 58.8 Å². The second kappa shape index (κ2) is 7.38. The highest BCUT2D eigenvalue weighted by molar-refractivity contribution is 7.89. The Morgan fingerprint density at radius 3 is 2.42 bits per heavy atom. The number of benzene rings is 1. The number of aromatic nitrogens is 1. The van der Waals surface area contributed by atoms with E-state index < -0.39 is 27.3 Å². The fourth-order valence-electron chi connectivity index (χ4n) is 2.79. The number of carbonyl (C=O) groups excluding carboxylic acids is 1. The van der Waals surface area contributed by atoms with Crippen molar-refractivity contribution in [1.29, 1.82) is 0 Å². The molecule has 0 saturated carbocycles. The van der Waals surface area contributed by atoms with Crippen LogP contribution in [0.25, 0.3) is 0 Å². The predicted octanol–water partition coefficient (Wildman–Crippen LogP) is 1.41. The number of anilines is 1. The Bertz CT molecular complexity index is 964. The molecule has 0 aliphatic carbocycles. The van der Waals surface area contributed by atoms with Gasteiger partial charge < -0.3 is 9.88 Å². The van der Waals surface area contributed by atoms with Crippen LogP contribution in [0, 0.1) is 5.82 Å². The molecule has 1 aliphatic heterocycles. The lowest BCUT2D eigenvalue weighted by Crippen LogP contribution is -2.36. The molecule has 0 radical (unpaired) electrons. The number of sulfonamides is 1. The summed E-state index contributed by atoms with van der Waals surface area (Å²) >= 11 is 0. The molecule has 26 heavy (non-hydrogen) atoms. The minimum absolute atomic E-state index is 0.337. The number of amides is 1. The smallest absolute Gasteiger partial charge is 0.271 e. The van der Waals surface area contributed by atoms with Gasteiger partial charge in [0, 0.05) is 25.0 Å². The molecule has 0 atom stereocenters. The molecule has 1 saturated heterocycles. The van der Waals surface area contributed by atoms with Gasteiger partial charge in [-0.15, -0.1) is 0 Å². The van der Waals surface area contributed by atoms with E-state index in [9.17, 15) is 22.4 Å². The molecular formula is C17H18FN3O4S. The fraction of sp³-hybridized carbons (Fsp3) is 0.294. The number of carbonyl (C=O) groups is 1. The van der Waals surface area contributed by atoms with E-state index in [2.05, 4.69) is 5.32 Å². The highest BCUT2D eigenvalue weighted by Gasteiger charge is 2.29. The van der Waals surface area contributed by atoms with E-state index in [1.54, 1.807) is 0 Å². The summed E-state index contributed by atoms with van der Waals surface area (Å²) in [5.41, 5.74) is -0.362. The van der Waals surface area contributed by atoms with E-state index in [1.165, 1.54) is 46.9 Å². The first-order valence-electron chi connectivity index (χ1n) is 8.13. The van der Waals surface area contributed by atoms with Crippen molar-refractivity contribution < 1.29 is 17.6 Å². The summed E-state index contributed by atoms with van der Waals surface area (Å²) in [5, 5.41) is 2.53. The number of hydrogen-bond acceptors (Lipinski definition) is 4. The Kier molecular flexibility index (Phi) is 5.19. The molecule has 2 aromatic rings. The zero-order chi connectivity index (χ0) is 18.7. The van der Waals surface area contributed by atoms with Crippen LogP contribution >= 0.6 is 0 Å². The summed E-state index contributed by atoms with van der Waals surface area (Å²) in [7, 11) is -3.86. The number of nitrogens with one attached hydrogen (secondary N) is 1. The van der Waals surface area contributed by atoms with Crippen molar-refractivity contribution in [1.82, 2.24) is 8.87 Å². The highest BCUT2D eigenvalue weighted by atomic mass is 32.2. The molecule has 2 heterocycles. The largest absolute Gasteiger partial charge is 0.325 e. The van der Waals surface area contributed by atoms with E-state index in [4.69, 9.17) is 0 Å². The quantitative estimate of drug-likeness (QED) is 0.851. The molecule has 1 fully saturated rings. The molecule has 0 bridgehead atoms. The van der Waals surface area contributed by atoms with E-state index in [0.29, 0.717) is 18.8 Å². The summed E-state index contributed by atoms with van der Waals surface area (Å²) in [6.45, 7) is 0.434. The lowest BCUT2D eigenvalue weighted by molar-refractivity contribution is -0.116. The maximum absolute atomic E-state index is 12.9. The molecule has 9 heteroatoms. The first-order valence-corrected chi connectivity index (χ1v) is 9.57. The van der Waals surface area contributed by atoms with Gasteiger partial charge in [0.25, 0.3) is 5.56 Å². The molecule has 1 aromatic carbocycles. The molecule has 0 spiro atoms. The molecule has 138 valence electrons. The van der Waals surface area contributed by atoms with E-state index >= 15 is 0 Å². The molecule has 0 unspecified atom stereocenters. The van der Waals surface area contributed by atoms with Gasteiger partial charge in [-0.25, -0.2) is 12.8 Å². The van der Waals surface area contributed by atoms with Crippen LogP contribution in [0.3, 0.4) is 0 Å². The first-order chi connectivity index (χ1) is 12.4. The minimum atomic E-state index is -3.86. The van der Waals surface area contributed by atoms with Gasteiger partial charge in [0.2, 0.25) is 15.9 Å². The van der Waals surface area contributed by atoms with Crippen molar-refractivity contribution in [3.63, 3.8) is 0 Å². The average Bonchev–Trinajstić information content (AvgIpc) is 3.14. The van der Waals surface area contributed by atoms with Gasteiger partial charge in [-0.05, 0) is 49.2 Å². The normalized spacial score (nSPS) is 15.1. The maximum Gasteiger partial charge on any atom is 0.271 e. The lowest BCUT2D eigenvalue weighted by atomic mass is 10.3. The molecule has 1 N–H and O–H groups in total. The minimum Gasteiger partial charge on any atom is -0.325 e. The van der Waals surface area contributed by atoms with Crippen LogP contribution in [0.2, 0.25) is 0 Å². The molecule has 1 aliphatic rings. The van der Waals surface area contributed by atoms with Crippen LogP contribution in [0.4, 0.5) is 10.1 Å². The SMILES string of the molecule is O=C(Cn1cccc(S(=O)(=O)N2CCCC2)c1=O)Nc1ccc(F)cc1. The van der Waals surface area contributed by atoms with Gasteiger partial charge in [-0.1, -0.05) is 0 Å². The summed E-state index contributed by atoms with van der Waals surface area (Å²) in [5.74, 6) is -0.950. The third-order valence-electron chi connectivity index (χ3n) is 4.11. The zero-order valence-electron chi connectivity index (χ0n) is 13.9. The Hall–Kier alpha value is -2.52. The van der Waals surface area contributed by atoms with E-state index in [0.717, 1.165) is 17.4 Å². The number of nitrogens with zero attached hydrogens (tertiary/aromatic N) is 2. The number of rotatable bonds is 5.